The molecule has 2 aromatic rings. The van der Waals surface area contributed by atoms with Crippen molar-refractivity contribution in [2.24, 2.45) is 0 Å². The van der Waals surface area contributed by atoms with Crippen molar-refractivity contribution >= 4 is 33.6 Å². The SMILES string of the molecule is CC(C)(C)OC(=O)N1C(=O)[C@](O)(Cc2ccc(Br)cc2)c2ccccc21. The minimum atomic E-state index is -1.82. The quantitative estimate of drug-likeness (QED) is 0.796. The number of nitrogens with zero attached hydrogens (tertiary/aromatic N) is 1. The van der Waals surface area contributed by atoms with E-state index in [1.54, 1.807) is 45.0 Å². The standard InChI is InChI=1S/C20H20BrNO4/c1-19(2,3)26-18(24)22-16-7-5-4-6-15(16)20(25,17(22)23)12-13-8-10-14(21)11-9-13/h4-11,25H,12H2,1-3H3/t20-/m0/s1. The third kappa shape index (κ3) is 3.39. The maximum atomic E-state index is 13.0. The number of anilines is 1. The first kappa shape index (κ1) is 18.6. The van der Waals surface area contributed by atoms with E-state index in [0.717, 1.165) is 14.9 Å². The highest BCUT2D eigenvalue weighted by Gasteiger charge is 2.52. The van der Waals surface area contributed by atoms with Gasteiger partial charge < -0.3 is 9.84 Å². The van der Waals surface area contributed by atoms with Gasteiger partial charge in [-0.25, -0.2) is 9.69 Å². The first-order valence-electron chi connectivity index (χ1n) is 8.26. The molecule has 0 radical (unpaired) electrons. The molecule has 2 aromatic carbocycles. The molecular formula is C20H20BrNO4. The minimum absolute atomic E-state index is 0.0649. The highest BCUT2D eigenvalue weighted by Crippen LogP contribution is 2.42. The average Bonchev–Trinajstić information content (AvgIpc) is 2.77. The summed E-state index contributed by atoms with van der Waals surface area (Å²) in [5.74, 6) is -0.698. The summed E-state index contributed by atoms with van der Waals surface area (Å²) in [5.41, 5.74) is -1.03. The van der Waals surface area contributed by atoms with Gasteiger partial charge in [-0.1, -0.05) is 46.3 Å². The van der Waals surface area contributed by atoms with Gasteiger partial charge in [0.05, 0.1) is 5.69 Å². The smallest absolute Gasteiger partial charge is 0.421 e. The summed E-state index contributed by atoms with van der Waals surface area (Å²) in [6.07, 6.45) is -0.725. The minimum Gasteiger partial charge on any atom is -0.443 e. The van der Waals surface area contributed by atoms with Crippen LogP contribution in [0.15, 0.2) is 53.0 Å². The van der Waals surface area contributed by atoms with Crippen LogP contribution in [0, 0.1) is 0 Å². The van der Waals surface area contributed by atoms with E-state index in [1.165, 1.54) is 0 Å². The van der Waals surface area contributed by atoms with E-state index in [4.69, 9.17) is 4.74 Å². The Balaban J connectivity index is 2.01. The van der Waals surface area contributed by atoms with Crippen molar-refractivity contribution in [2.45, 2.75) is 38.4 Å². The second-order valence-electron chi connectivity index (χ2n) is 7.30. The van der Waals surface area contributed by atoms with Crippen LogP contribution in [0.4, 0.5) is 10.5 Å². The van der Waals surface area contributed by atoms with Crippen molar-refractivity contribution in [2.75, 3.05) is 4.90 Å². The number of amides is 2. The van der Waals surface area contributed by atoms with Gasteiger partial charge in [-0.3, -0.25) is 4.79 Å². The van der Waals surface area contributed by atoms with Crippen molar-refractivity contribution in [3.05, 3.63) is 64.1 Å². The van der Waals surface area contributed by atoms with Crippen LogP contribution in [0.5, 0.6) is 0 Å². The molecule has 0 fully saturated rings. The van der Waals surface area contributed by atoms with Crippen LogP contribution in [-0.4, -0.2) is 22.7 Å². The summed E-state index contributed by atoms with van der Waals surface area (Å²) in [5, 5.41) is 11.2. The Labute approximate surface area is 160 Å². The van der Waals surface area contributed by atoms with Gasteiger partial charge in [-0.2, -0.15) is 0 Å². The summed E-state index contributed by atoms with van der Waals surface area (Å²) >= 11 is 3.37. The van der Waals surface area contributed by atoms with Gasteiger partial charge in [0.1, 0.15) is 5.60 Å². The van der Waals surface area contributed by atoms with Crippen molar-refractivity contribution < 1.29 is 19.4 Å². The maximum absolute atomic E-state index is 13.0. The van der Waals surface area contributed by atoms with E-state index in [1.807, 2.05) is 24.3 Å². The number of carbonyl (C=O) groups is 2. The molecule has 0 aromatic heterocycles. The number of ether oxygens (including phenoxy) is 1. The van der Waals surface area contributed by atoms with E-state index in [-0.39, 0.29) is 6.42 Å². The molecule has 5 nitrogen and oxygen atoms in total. The molecule has 0 saturated carbocycles. The molecule has 0 aliphatic carbocycles. The Morgan fingerprint density at radius 1 is 1.15 bits per heavy atom. The van der Waals surface area contributed by atoms with Gasteiger partial charge in [0, 0.05) is 16.5 Å². The largest absolute Gasteiger partial charge is 0.443 e. The zero-order valence-corrected chi connectivity index (χ0v) is 16.4. The molecule has 1 aliphatic heterocycles. The van der Waals surface area contributed by atoms with Gasteiger partial charge in [0.2, 0.25) is 0 Å². The fourth-order valence-corrected chi connectivity index (χ4v) is 3.25. The lowest BCUT2D eigenvalue weighted by atomic mass is 9.88. The molecule has 0 saturated heterocycles. The predicted molar refractivity (Wildman–Crippen MR) is 102 cm³/mol. The number of rotatable bonds is 2. The van der Waals surface area contributed by atoms with Gasteiger partial charge in [-0.05, 0) is 44.5 Å². The Morgan fingerprint density at radius 3 is 2.38 bits per heavy atom. The van der Waals surface area contributed by atoms with Crippen LogP contribution < -0.4 is 4.90 Å². The van der Waals surface area contributed by atoms with E-state index < -0.39 is 23.2 Å². The van der Waals surface area contributed by atoms with Crippen molar-refractivity contribution in [3.63, 3.8) is 0 Å². The Bertz CT molecular complexity index is 857. The zero-order valence-electron chi connectivity index (χ0n) is 14.8. The molecule has 26 heavy (non-hydrogen) atoms. The summed E-state index contributed by atoms with van der Waals surface area (Å²) in [4.78, 5) is 26.6. The number of carbonyl (C=O) groups excluding carboxylic acids is 2. The Kier molecular flexibility index (Phi) is 4.67. The predicted octanol–water partition coefficient (Wildman–Crippen LogP) is 4.16. The molecule has 1 aliphatic rings. The lowest BCUT2D eigenvalue weighted by Gasteiger charge is -2.25. The number of aliphatic hydroxyl groups is 1. The highest BCUT2D eigenvalue weighted by molar-refractivity contribution is 9.10. The number of fused-ring (bicyclic) bond motifs is 1. The third-order valence-electron chi connectivity index (χ3n) is 4.10. The first-order valence-corrected chi connectivity index (χ1v) is 9.05. The van der Waals surface area contributed by atoms with E-state index in [9.17, 15) is 14.7 Å². The molecule has 1 atom stereocenters. The monoisotopic (exact) mass is 417 g/mol. The van der Waals surface area contributed by atoms with Crippen molar-refractivity contribution in [1.82, 2.24) is 0 Å². The van der Waals surface area contributed by atoms with Gasteiger partial charge in [-0.15, -0.1) is 0 Å². The second-order valence-corrected chi connectivity index (χ2v) is 8.22. The fourth-order valence-electron chi connectivity index (χ4n) is 2.99. The Morgan fingerprint density at radius 2 is 1.77 bits per heavy atom. The second kappa shape index (κ2) is 6.52. The number of imide groups is 1. The summed E-state index contributed by atoms with van der Waals surface area (Å²) < 4.78 is 6.26. The number of hydrogen-bond donors (Lipinski definition) is 1. The van der Waals surface area contributed by atoms with Crippen LogP contribution in [-0.2, 0) is 21.6 Å². The van der Waals surface area contributed by atoms with Gasteiger partial charge in [0.15, 0.2) is 5.60 Å². The van der Waals surface area contributed by atoms with Crippen molar-refractivity contribution in [3.8, 4) is 0 Å². The molecule has 2 amide bonds. The average molecular weight is 418 g/mol. The summed E-state index contributed by atoms with van der Waals surface area (Å²) in [6.45, 7) is 5.18. The van der Waals surface area contributed by atoms with Gasteiger partial charge >= 0.3 is 6.09 Å². The van der Waals surface area contributed by atoms with Crippen LogP contribution in [0.3, 0.4) is 0 Å². The molecule has 1 N–H and O–H groups in total. The van der Waals surface area contributed by atoms with Crippen LogP contribution in [0.2, 0.25) is 0 Å². The number of benzene rings is 2. The number of halogens is 1. The van der Waals surface area contributed by atoms with Crippen LogP contribution >= 0.6 is 15.9 Å². The van der Waals surface area contributed by atoms with E-state index in [0.29, 0.717) is 11.3 Å². The lowest BCUT2D eigenvalue weighted by Crippen LogP contribution is -2.46. The normalized spacial score (nSPS) is 19.4. The molecule has 136 valence electrons. The molecule has 6 heteroatoms. The topological polar surface area (TPSA) is 66.8 Å². The number of para-hydroxylation sites is 1. The van der Waals surface area contributed by atoms with Crippen molar-refractivity contribution in [1.29, 1.82) is 0 Å². The van der Waals surface area contributed by atoms with Crippen LogP contribution in [0.1, 0.15) is 31.9 Å². The van der Waals surface area contributed by atoms with Gasteiger partial charge in [0.25, 0.3) is 5.91 Å². The van der Waals surface area contributed by atoms with E-state index in [2.05, 4.69) is 15.9 Å². The molecule has 3 rings (SSSR count). The molecular weight excluding hydrogens is 398 g/mol. The maximum Gasteiger partial charge on any atom is 0.421 e. The summed E-state index contributed by atoms with van der Waals surface area (Å²) in [7, 11) is 0. The first-order chi connectivity index (χ1) is 12.1. The van der Waals surface area contributed by atoms with E-state index >= 15 is 0 Å². The molecule has 0 bridgehead atoms. The molecule has 0 unspecified atom stereocenters. The highest BCUT2D eigenvalue weighted by atomic mass is 79.9. The molecule has 0 spiro atoms. The number of hydrogen-bond acceptors (Lipinski definition) is 4. The Hall–Kier alpha value is -2.18. The zero-order chi connectivity index (χ0) is 19.1. The van der Waals surface area contributed by atoms with Crippen LogP contribution in [0.25, 0.3) is 0 Å². The summed E-state index contributed by atoms with van der Waals surface area (Å²) in [6, 6.07) is 14.1. The third-order valence-corrected chi connectivity index (χ3v) is 4.63. The lowest BCUT2D eigenvalue weighted by molar-refractivity contribution is -0.135. The fraction of sp³-hybridized carbons (Fsp3) is 0.300. The molecule has 1 heterocycles.